The Bertz CT molecular complexity index is 1110. The molecular formula is C22H20N4O2. The molecule has 2 aromatic carbocycles. The van der Waals surface area contributed by atoms with Gasteiger partial charge in [-0.2, -0.15) is 0 Å². The van der Waals surface area contributed by atoms with Gasteiger partial charge in [0.1, 0.15) is 11.4 Å². The quantitative estimate of drug-likeness (QED) is 0.679. The second-order valence-corrected chi connectivity index (χ2v) is 8.32. The van der Waals surface area contributed by atoms with Gasteiger partial charge in [-0.3, -0.25) is 10.1 Å². The van der Waals surface area contributed by atoms with Crippen LogP contribution in [0.15, 0.2) is 42.5 Å². The van der Waals surface area contributed by atoms with Crippen molar-refractivity contribution in [2.75, 3.05) is 7.05 Å². The molecule has 0 bridgehead atoms. The van der Waals surface area contributed by atoms with Crippen molar-refractivity contribution < 1.29 is 9.59 Å². The third kappa shape index (κ3) is 2.06. The van der Waals surface area contributed by atoms with Crippen LogP contribution in [0.25, 0.3) is 11.0 Å². The Balaban J connectivity index is 1.32. The molecule has 6 rings (SSSR count). The number of carbonyl (C=O) groups excluding carboxylic acids is 2. The van der Waals surface area contributed by atoms with E-state index in [0.717, 1.165) is 34.4 Å². The van der Waals surface area contributed by atoms with Crippen LogP contribution in [-0.4, -0.2) is 39.4 Å². The Morgan fingerprint density at radius 1 is 1.07 bits per heavy atom. The van der Waals surface area contributed by atoms with Crippen LogP contribution in [0.2, 0.25) is 0 Å². The predicted molar refractivity (Wildman–Crippen MR) is 104 cm³/mol. The standard InChI is InChI=1S/C22H20N4O2/c1-26-21(28)25-20(27)22(26)10-13-7-17-18(8-14(13)11-22)24-19(23-17)16-9-15(16)12-5-3-2-4-6-12/h2-8,15-16H,9-11H2,1H3,(H,23,24)(H,25,27,28). The predicted octanol–water partition coefficient (Wildman–Crippen LogP) is 2.85. The van der Waals surface area contributed by atoms with Gasteiger partial charge in [0.25, 0.3) is 5.91 Å². The van der Waals surface area contributed by atoms with Gasteiger partial charge in [-0.1, -0.05) is 30.3 Å². The van der Waals surface area contributed by atoms with Gasteiger partial charge in [0.15, 0.2) is 0 Å². The number of urea groups is 1. The average Bonchev–Trinajstić information content (AvgIpc) is 3.19. The number of H-pyrrole nitrogens is 1. The summed E-state index contributed by atoms with van der Waals surface area (Å²) >= 11 is 0. The number of nitrogens with zero attached hydrogens (tertiary/aromatic N) is 2. The van der Waals surface area contributed by atoms with Crippen LogP contribution in [0.4, 0.5) is 4.79 Å². The number of fused-ring (bicyclic) bond motifs is 2. The number of imidazole rings is 1. The van der Waals surface area contributed by atoms with E-state index >= 15 is 0 Å². The fourth-order valence-electron chi connectivity index (χ4n) is 4.97. The lowest BCUT2D eigenvalue weighted by Gasteiger charge is -2.27. The molecule has 3 aliphatic rings. The summed E-state index contributed by atoms with van der Waals surface area (Å²) in [6.07, 6.45) is 2.22. The van der Waals surface area contributed by atoms with Crippen molar-refractivity contribution in [3.05, 3.63) is 65.0 Å². The lowest BCUT2D eigenvalue weighted by molar-refractivity contribution is -0.125. The molecule has 2 aliphatic carbocycles. The van der Waals surface area contributed by atoms with Crippen molar-refractivity contribution >= 4 is 23.0 Å². The molecule has 140 valence electrons. The summed E-state index contributed by atoms with van der Waals surface area (Å²) in [7, 11) is 1.70. The first kappa shape index (κ1) is 15.9. The zero-order chi connectivity index (χ0) is 19.0. The number of rotatable bonds is 2. The number of aromatic amines is 1. The van der Waals surface area contributed by atoms with Gasteiger partial charge < -0.3 is 9.88 Å². The zero-order valence-corrected chi connectivity index (χ0v) is 15.5. The molecule has 2 heterocycles. The SMILES string of the molecule is CN1C(=O)NC(=O)C12Cc1cc3nc(C4CC4c4ccccc4)[nH]c3cc1C2. The number of nitrogens with one attached hydrogen (secondary N) is 2. The van der Waals surface area contributed by atoms with Crippen LogP contribution >= 0.6 is 0 Å². The Morgan fingerprint density at radius 3 is 2.54 bits per heavy atom. The van der Waals surface area contributed by atoms with Gasteiger partial charge in [0.2, 0.25) is 0 Å². The lowest BCUT2D eigenvalue weighted by Crippen LogP contribution is -2.48. The normalized spacial score (nSPS) is 24.8. The first-order valence-electron chi connectivity index (χ1n) is 9.71. The maximum absolute atomic E-state index is 12.4. The molecule has 0 radical (unpaired) electrons. The highest BCUT2D eigenvalue weighted by Crippen LogP contribution is 2.54. The molecule has 6 nitrogen and oxygen atoms in total. The number of hydrogen-bond acceptors (Lipinski definition) is 3. The smallest absolute Gasteiger partial charge is 0.324 e. The van der Waals surface area contributed by atoms with E-state index < -0.39 is 5.54 Å². The molecule has 1 aromatic heterocycles. The van der Waals surface area contributed by atoms with E-state index in [-0.39, 0.29) is 11.9 Å². The summed E-state index contributed by atoms with van der Waals surface area (Å²) in [5.74, 6) is 1.84. The number of amides is 3. The van der Waals surface area contributed by atoms with Crippen LogP contribution in [0, 0.1) is 0 Å². The first-order valence-corrected chi connectivity index (χ1v) is 9.71. The van der Waals surface area contributed by atoms with E-state index in [1.807, 2.05) is 6.07 Å². The minimum Gasteiger partial charge on any atom is -0.342 e. The summed E-state index contributed by atoms with van der Waals surface area (Å²) in [5, 5.41) is 2.45. The van der Waals surface area contributed by atoms with Gasteiger partial charge >= 0.3 is 6.03 Å². The number of carbonyl (C=O) groups is 2. The monoisotopic (exact) mass is 372 g/mol. The molecule has 3 unspecified atom stereocenters. The van der Waals surface area contributed by atoms with E-state index in [1.165, 1.54) is 5.56 Å². The minimum absolute atomic E-state index is 0.197. The number of likely N-dealkylation sites (N-methyl/N-ethyl adjacent to an activating group) is 1. The van der Waals surface area contributed by atoms with Gasteiger partial charge in [0, 0.05) is 25.8 Å². The number of aromatic nitrogens is 2. The highest BCUT2D eigenvalue weighted by Gasteiger charge is 2.54. The Hall–Kier alpha value is -3.15. The van der Waals surface area contributed by atoms with Crippen molar-refractivity contribution in [3.8, 4) is 0 Å². The second kappa shape index (κ2) is 5.22. The van der Waals surface area contributed by atoms with Crippen molar-refractivity contribution in [2.45, 2.75) is 36.6 Å². The van der Waals surface area contributed by atoms with Crippen LogP contribution in [0.3, 0.4) is 0 Å². The summed E-state index contributed by atoms with van der Waals surface area (Å²) in [6, 6.07) is 14.5. The Kier molecular flexibility index (Phi) is 2.96. The van der Waals surface area contributed by atoms with Crippen molar-refractivity contribution in [1.82, 2.24) is 20.2 Å². The fourth-order valence-corrected chi connectivity index (χ4v) is 4.97. The molecule has 3 aromatic rings. The summed E-state index contributed by atoms with van der Waals surface area (Å²) < 4.78 is 0. The van der Waals surface area contributed by atoms with Gasteiger partial charge in [0.05, 0.1) is 11.0 Å². The summed E-state index contributed by atoms with van der Waals surface area (Å²) in [6.45, 7) is 0. The highest BCUT2D eigenvalue weighted by molar-refractivity contribution is 6.07. The summed E-state index contributed by atoms with van der Waals surface area (Å²) in [4.78, 5) is 34.3. The van der Waals surface area contributed by atoms with E-state index in [4.69, 9.17) is 4.98 Å². The molecule has 6 heteroatoms. The lowest BCUT2D eigenvalue weighted by atomic mass is 9.95. The molecule has 1 spiro atoms. The Labute approximate surface area is 161 Å². The summed E-state index contributed by atoms with van der Waals surface area (Å²) in [5.41, 5.74) is 4.77. The Morgan fingerprint density at radius 2 is 1.82 bits per heavy atom. The largest absolute Gasteiger partial charge is 0.342 e. The number of imide groups is 1. The maximum Gasteiger partial charge on any atom is 0.324 e. The molecular weight excluding hydrogens is 352 g/mol. The fraction of sp³-hybridized carbons (Fsp3) is 0.318. The van der Waals surface area contributed by atoms with Crippen LogP contribution < -0.4 is 5.32 Å². The maximum atomic E-state index is 12.4. The molecule has 1 saturated heterocycles. The highest BCUT2D eigenvalue weighted by atomic mass is 16.2. The molecule has 2 N–H and O–H groups in total. The third-order valence-electron chi connectivity index (χ3n) is 6.75. The van der Waals surface area contributed by atoms with Gasteiger partial charge in [-0.15, -0.1) is 0 Å². The van der Waals surface area contributed by atoms with Crippen molar-refractivity contribution in [2.24, 2.45) is 0 Å². The minimum atomic E-state index is -0.782. The van der Waals surface area contributed by atoms with Crippen LogP contribution in [0.1, 0.15) is 40.8 Å². The van der Waals surface area contributed by atoms with Crippen molar-refractivity contribution in [3.63, 3.8) is 0 Å². The van der Waals surface area contributed by atoms with E-state index in [0.29, 0.717) is 24.7 Å². The molecule has 28 heavy (non-hydrogen) atoms. The topological polar surface area (TPSA) is 78.1 Å². The zero-order valence-electron chi connectivity index (χ0n) is 15.5. The molecule has 1 aliphatic heterocycles. The van der Waals surface area contributed by atoms with Gasteiger partial charge in [-0.05, 0) is 41.2 Å². The van der Waals surface area contributed by atoms with E-state index in [1.54, 1.807) is 11.9 Å². The van der Waals surface area contributed by atoms with E-state index in [9.17, 15) is 9.59 Å². The third-order valence-corrected chi connectivity index (χ3v) is 6.75. The van der Waals surface area contributed by atoms with Gasteiger partial charge in [-0.25, -0.2) is 9.78 Å². The molecule has 2 fully saturated rings. The number of benzene rings is 2. The molecule has 1 saturated carbocycles. The second-order valence-electron chi connectivity index (χ2n) is 8.32. The number of hydrogen-bond donors (Lipinski definition) is 2. The van der Waals surface area contributed by atoms with Crippen molar-refractivity contribution in [1.29, 1.82) is 0 Å². The van der Waals surface area contributed by atoms with E-state index in [2.05, 4.69) is 46.7 Å². The molecule has 3 atom stereocenters. The van der Waals surface area contributed by atoms with Crippen LogP contribution in [-0.2, 0) is 17.6 Å². The van der Waals surface area contributed by atoms with Crippen LogP contribution in [0.5, 0.6) is 0 Å². The average molecular weight is 372 g/mol. The molecule has 3 amide bonds. The first-order chi connectivity index (χ1) is 13.5.